The predicted octanol–water partition coefficient (Wildman–Crippen LogP) is 3.38. The number of hydrogen-bond acceptors (Lipinski definition) is 3. The summed E-state index contributed by atoms with van der Waals surface area (Å²) < 4.78 is 11.0. The van der Waals surface area contributed by atoms with Gasteiger partial charge in [0.15, 0.2) is 0 Å². The Balaban J connectivity index is 1.60. The zero-order valence-electron chi connectivity index (χ0n) is 14.0. The molecule has 2 aromatic carbocycles. The van der Waals surface area contributed by atoms with Gasteiger partial charge in [0.2, 0.25) is 0 Å². The number of amides is 2. The summed E-state index contributed by atoms with van der Waals surface area (Å²) in [5, 5.41) is 5.85. The smallest absolute Gasteiger partial charge is 0.319 e. The molecule has 0 saturated carbocycles. The van der Waals surface area contributed by atoms with Crippen LogP contribution in [0, 0.1) is 0 Å². The summed E-state index contributed by atoms with van der Waals surface area (Å²) in [5.41, 5.74) is 3.03. The van der Waals surface area contributed by atoms with Gasteiger partial charge in [-0.1, -0.05) is 19.1 Å². The first-order chi connectivity index (χ1) is 11.7. The lowest BCUT2D eigenvalue weighted by Crippen LogP contribution is -2.44. The van der Waals surface area contributed by atoms with Crippen molar-refractivity contribution in [2.75, 3.05) is 19.0 Å². The number of nitrogens with one attached hydrogen (secondary N) is 2. The summed E-state index contributed by atoms with van der Waals surface area (Å²) in [4.78, 5) is 12.2. The van der Waals surface area contributed by atoms with Crippen molar-refractivity contribution in [3.63, 3.8) is 0 Å². The van der Waals surface area contributed by atoms with Crippen molar-refractivity contribution in [1.29, 1.82) is 0 Å². The van der Waals surface area contributed by atoms with Crippen LogP contribution in [0.15, 0.2) is 42.5 Å². The van der Waals surface area contributed by atoms with E-state index in [9.17, 15) is 4.79 Å². The molecule has 0 aliphatic carbocycles. The monoisotopic (exact) mass is 326 g/mol. The third-order valence-corrected chi connectivity index (χ3v) is 4.10. The molecule has 0 bridgehead atoms. The van der Waals surface area contributed by atoms with Gasteiger partial charge in [-0.15, -0.1) is 0 Å². The Morgan fingerprint density at radius 1 is 1.29 bits per heavy atom. The highest BCUT2D eigenvalue weighted by atomic mass is 16.5. The summed E-state index contributed by atoms with van der Waals surface area (Å²) in [5.74, 6) is 1.64. The SMILES string of the molecule is CCc1cccc(NC(=O)NC2COc3ccc(OC)cc3C2)c1. The molecular formula is C19H22N2O3. The largest absolute Gasteiger partial charge is 0.497 e. The maximum atomic E-state index is 12.2. The topological polar surface area (TPSA) is 59.6 Å². The number of rotatable bonds is 4. The van der Waals surface area contributed by atoms with Crippen LogP contribution in [-0.4, -0.2) is 25.8 Å². The molecule has 2 amide bonds. The second-order valence-electron chi connectivity index (χ2n) is 5.84. The van der Waals surface area contributed by atoms with Crippen LogP contribution in [0.25, 0.3) is 0 Å². The number of aryl methyl sites for hydroxylation is 1. The first-order valence-electron chi connectivity index (χ1n) is 8.14. The fourth-order valence-electron chi connectivity index (χ4n) is 2.81. The molecule has 24 heavy (non-hydrogen) atoms. The van der Waals surface area contributed by atoms with Crippen molar-refractivity contribution in [1.82, 2.24) is 5.32 Å². The minimum absolute atomic E-state index is 0.0704. The van der Waals surface area contributed by atoms with Crippen molar-refractivity contribution in [2.45, 2.75) is 25.8 Å². The fourth-order valence-corrected chi connectivity index (χ4v) is 2.81. The Hall–Kier alpha value is -2.69. The molecule has 0 spiro atoms. The third kappa shape index (κ3) is 3.79. The normalized spacial score (nSPS) is 15.8. The van der Waals surface area contributed by atoms with Gasteiger partial charge >= 0.3 is 6.03 Å². The Labute approximate surface area is 142 Å². The molecule has 0 fully saturated rings. The number of methoxy groups -OCH3 is 1. The van der Waals surface area contributed by atoms with E-state index in [-0.39, 0.29) is 12.1 Å². The van der Waals surface area contributed by atoms with Crippen LogP contribution in [0.2, 0.25) is 0 Å². The van der Waals surface area contributed by atoms with Gasteiger partial charge in [-0.2, -0.15) is 0 Å². The number of hydrogen-bond donors (Lipinski definition) is 2. The molecule has 5 heteroatoms. The molecule has 0 saturated heterocycles. The zero-order valence-corrected chi connectivity index (χ0v) is 14.0. The van der Waals surface area contributed by atoms with Crippen LogP contribution < -0.4 is 20.1 Å². The molecule has 1 heterocycles. The van der Waals surface area contributed by atoms with Gasteiger partial charge in [0.05, 0.1) is 13.2 Å². The molecule has 126 valence electrons. The van der Waals surface area contributed by atoms with Gasteiger partial charge in [0, 0.05) is 5.69 Å². The number of urea groups is 1. The quantitative estimate of drug-likeness (QED) is 0.905. The highest BCUT2D eigenvalue weighted by molar-refractivity contribution is 5.89. The lowest BCUT2D eigenvalue weighted by molar-refractivity contribution is 0.222. The lowest BCUT2D eigenvalue weighted by Gasteiger charge is -2.26. The molecule has 5 nitrogen and oxygen atoms in total. The molecule has 2 aromatic rings. The summed E-state index contributed by atoms with van der Waals surface area (Å²) in [6.07, 6.45) is 1.65. The van der Waals surface area contributed by atoms with E-state index in [4.69, 9.17) is 9.47 Å². The van der Waals surface area contributed by atoms with Crippen LogP contribution >= 0.6 is 0 Å². The summed E-state index contributed by atoms with van der Waals surface area (Å²) >= 11 is 0. The standard InChI is InChI=1S/C19H22N2O3/c1-3-13-5-4-6-15(9-13)20-19(22)21-16-10-14-11-17(23-2)7-8-18(14)24-12-16/h4-9,11,16H,3,10,12H2,1-2H3,(H2,20,21,22). The van der Waals surface area contributed by atoms with E-state index in [2.05, 4.69) is 17.6 Å². The number of benzene rings is 2. The van der Waals surface area contributed by atoms with Gasteiger partial charge in [-0.05, 0) is 54.3 Å². The van der Waals surface area contributed by atoms with E-state index in [1.54, 1.807) is 7.11 Å². The summed E-state index contributed by atoms with van der Waals surface area (Å²) in [6.45, 7) is 2.55. The first kappa shape index (κ1) is 16.2. The van der Waals surface area contributed by atoms with E-state index in [1.165, 1.54) is 5.56 Å². The second kappa shape index (κ2) is 7.25. The maximum absolute atomic E-state index is 12.2. The minimum Gasteiger partial charge on any atom is -0.497 e. The number of carbonyl (C=O) groups excluding carboxylic acids is 1. The van der Waals surface area contributed by atoms with Crippen molar-refractivity contribution >= 4 is 11.7 Å². The van der Waals surface area contributed by atoms with Gasteiger partial charge in [-0.3, -0.25) is 0 Å². The van der Waals surface area contributed by atoms with Crippen LogP contribution in [-0.2, 0) is 12.8 Å². The van der Waals surface area contributed by atoms with E-state index in [1.807, 2.05) is 42.5 Å². The number of ether oxygens (including phenoxy) is 2. The highest BCUT2D eigenvalue weighted by Gasteiger charge is 2.22. The number of carbonyl (C=O) groups is 1. The third-order valence-electron chi connectivity index (χ3n) is 4.10. The second-order valence-corrected chi connectivity index (χ2v) is 5.84. The lowest BCUT2D eigenvalue weighted by atomic mass is 10.0. The molecule has 0 aromatic heterocycles. The Morgan fingerprint density at radius 2 is 2.17 bits per heavy atom. The van der Waals surface area contributed by atoms with Gasteiger partial charge < -0.3 is 20.1 Å². The van der Waals surface area contributed by atoms with Crippen LogP contribution in [0.5, 0.6) is 11.5 Å². The molecule has 1 atom stereocenters. The first-order valence-corrected chi connectivity index (χ1v) is 8.14. The zero-order chi connectivity index (χ0) is 16.9. The number of anilines is 1. The van der Waals surface area contributed by atoms with Crippen molar-refractivity contribution in [3.8, 4) is 11.5 Å². The Bertz CT molecular complexity index is 730. The summed E-state index contributed by atoms with van der Waals surface area (Å²) in [6, 6.07) is 13.3. The molecule has 1 aliphatic rings. The molecule has 3 rings (SSSR count). The predicted molar refractivity (Wildman–Crippen MR) is 94.0 cm³/mol. The Kier molecular flexibility index (Phi) is 4.89. The van der Waals surface area contributed by atoms with Gasteiger partial charge in [0.25, 0.3) is 0 Å². The van der Waals surface area contributed by atoms with Crippen LogP contribution in [0.3, 0.4) is 0 Å². The van der Waals surface area contributed by atoms with E-state index >= 15 is 0 Å². The molecule has 1 unspecified atom stereocenters. The van der Waals surface area contributed by atoms with E-state index in [0.717, 1.165) is 35.6 Å². The van der Waals surface area contributed by atoms with Crippen molar-refractivity contribution in [2.24, 2.45) is 0 Å². The van der Waals surface area contributed by atoms with Crippen LogP contribution in [0.1, 0.15) is 18.1 Å². The molecule has 2 N–H and O–H groups in total. The van der Waals surface area contributed by atoms with Crippen molar-refractivity contribution in [3.05, 3.63) is 53.6 Å². The fraction of sp³-hybridized carbons (Fsp3) is 0.316. The van der Waals surface area contributed by atoms with E-state index < -0.39 is 0 Å². The molecule has 0 radical (unpaired) electrons. The highest BCUT2D eigenvalue weighted by Crippen LogP contribution is 2.28. The molecular weight excluding hydrogens is 304 g/mol. The van der Waals surface area contributed by atoms with Crippen LogP contribution in [0.4, 0.5) is 10.5 Å². The van der Waals surface area contributed by atoms with Gasteiger partial charge in [0.1, 0.15) is 18.1 Å². The average Bonchev–Trinajstić information content (AvgIpc) is 2.61. The maximum Gasteiger partial charge on any atom is 0.319 e. The summed E-state index contributed by atoms with van der Waals surface area (Å²) in [7, 11) is 1.64. The minimum atomic E-state index is -0.219. The van der Waals surface area contributed by atoms with Crippen molar-refractivity contribution < 1.29 is 14.3 Å². The molecule has 1 aliphatic heterocycles. The van der Waals surface area contributed by atoms with E-state index in [0.29, 0.717) is 6.61 Å². The Morgan fingerprint density at radius 3 is 2.96 bits per heavy atom. The number of fused-ring (bicyclic) bond motifs is 1. The van der Waals surface area contributed by atoms with Gasteiger partial charge in [-0.25, -0.2) is 4.79 Å². The average molecular weight is 326 g/mol.